The Bertz CT molecular complexity index is 511. The molecule has 0 atom stereocenters. The predicted molar refractivity (Wildman–Crippen MR) is 101 cm³/mol. The molecule has 140 valence electrons. The fraction of sp³-hybridized carbons (Fsp3) is 0.750. The molecular weight excluding hydrogens is 314 g/mol. The van der Waals surface area contributed by atoms with Crippen LogP contribution in [0.1, 0.15) is 65.2 Å². The van der Waals surface area contributed by atoms with Gasteiger partial charge in [-0.25, -0.2) is 0 Å². The lowest BCUT2D eigenvalue weighted by molar-refractivity contribution is -0.139. The number of rotatable bonds is 6. The van der Waals surface area contributed by atoms with Crippen LogP contribution in [0.4, 0.5) is 0 Å². The molecule has 0 unspecified atom stereocenters. The first-order chi connectivity index (χ1) is 12.0. The Morgan fingerprint density at radius 1 is 1.08 bits per heavy atom. The largest absolute Gasteiger partial charge is 0.404 e. The maximum Gasteiger partial charge on any atom is 0.225 e. The number of nitrogens with two attached hydrogens (primary N) is 1. The van der Waals surface area contributed by atoms with Gasteiger partial charge in [-0.1, -0.05) is 6.92 Å². The van der Waals surface area contributed by atoms with Gasteiger partial charge in [0, 0.05) is 37.6 Å². The molecule has 1 aliphatic heterocycles. The molecule has 5 heteroatoms. The number of amides is 1. The van der Waals surface area contributed by atoms with Crippen molar-refractivity contribution >= 4 is 17.9 Å². The molecule has 25 heavy (non-hydrogen) atoms. The van der Waals surface area contributed by atoms with Crippen molar-refractivity contribution in [3.63, 3.8) is 0 Å². The van der Waals surface area contributed by atoms with Gasteiger partial charge in [-0.3, -0.25) is 14.6 Å². The minimum atomic E-state index is 0.119. The van der Waals surface area contributed by atoms with E-state index in [-0.39, 0.29) is 11.8 Å². The molecule has 0 radical (unpaired) electrons. The quantitative estimate of drug-likeness (QED) is 0.750. The summed E-state index contributed by atoms with van der Waals surface area (Å²) in [6.45, 7) is 5.57. The van der Waals surface area contributed by atoms with Crippen molar-refractivity contribution in [2.75, 3.05) is 13.1 Å². The first-order valence-corrected chi connectivity index (χ1v) is 9.78. The van der Waals surface area contributed by atoms with Crippen molar-refractivity contribution in [2.45, 2.75) is 71.3 Å². The van der Waals surface area contributed by atoms with Gasteiger partial charge in [0.15, 0.2) is 0 Å². The summed E-state index contributed by atoms with van der Waals surface area (Å²) in [5.41, 5.74) is 6.42. The molecule has 1 heterocycles. The number of hydrogen-bond donors (Lipinski definition) is 1. The lowest BCUT2D eigenvalue weighted by Gasteiger charge is -2.35. The number of aliphatic imine (C=N–C) groups is 1. The van der Waals surface area contributed by atoms with Gasteiger partial charge in [-0.05, 0) is 63.6 Å². The van der Waals surface area contributed by atoms with Gasteiger partial charge in [0.1, 0.15) is 5.78 Å². The summed E-state index contributed by atoms with van der Waals surface area (Å²) in [5.74, 6) is 1.01. The maximum absolute atomic E-state index is 12.8. The van der Waals surface area contributed by atoms with Crippen LogP contribution in [0.5, 0.6) is 0 Å². The Balaban J connectivity index is 1.76. The third-order valence-electron chi connectivity index (χ3n) is 5.56. The molecular formula is C20H33N3O2. The van der Waals surface area contributed by atoms with Crippen LogP contribution < -0.4 is 5.73 Å². The van der Waals surface area contributed by atoms with Gasteiger partial charge in [0.25, 0.3) is 0 Å². The smallest absolute Gasteiger partial charge is 0.225 e. The number of Topliss-reactive ketones (excluding diaryl/α,β-unsaturated/α-hetero) is 1. The number of carbonyl (C=O) groups excluding carboxylic acids is 2. The SMILES string of the molecule is CCCC(=O)C1CCC(C(=O)N2CCC(N=C/C(C)=C\N)CC2)CC1. The highest BCUT2D eigenvalue weighted by molar-refractivity contribution is 5.82. The van der Waals surface area contributed by atoms with E-state index >= 15 is 0 Å². The van der Waals surface area contributed by atoms with Crippen LogP contribution >= 0.6 is 0 Å². The highest BCUT2D eigenvalue weighted by Crippen LogP contribution is 2.32. The lowest BCUT2D eigenvalue weighted by Crippen LogP contribution is -2.43. The van der Waals surface area contributed by atoms with Gasteiger partial charge < -0.3 is 10.6 Å². The minimum absolute atomic E-state index is 0.119. The van der Waals surface area contributed by atoms with E-state index in [1.165, 1.54) is 0 Å². The first-order valence-electron chi connectivity index (χ1n) is 9.78. The van der Waals surface area contributed by atoms with Crippen molar-refractivity contribution in [1.29, 1.82) is 0 Å². The zero-order chi connectivity index (χ0) is 18.2. The third kappa shape index (κ3) is 5.68. The van der Waals surface area contributed by atoms with E-state index in [9.17, 15) is 9.59 Å². The van der Waals surface area contributed by atoms with E-state index < -0.39 is 0 Å². The monoisotopic (exact) mass is 347 g/mol. The molecule has 0 aromatic rings. The van der Waals surface area contributed by atoms with Crippen LogP contribution in [0.25, 0.3) is 0 Å². The standard InChI is InChI=1S/C20H33N3O2/c1-3-4-19(24)16-5-7-17(8-6-16)20(25)23-11-9-18(10-12-23)22-14-15(2)13-21/h13-14,16-18H,3-12,21H2,1-2H3/b15-13-,22-14?. The topological polar surface area (TPSA) is 75.8 Å². The van der Waals surface area contributed by atoms with Crippen molar-refractivity contribution in [2.24, 2.45) is 22.6 Å². The number of piperidine rings is 1. The Morgan fingerprint density at radius 2 is 1.68 bits per heavy atom. The molecule has 0 bridgehead atoms. The maximum atomic E-state index is 12.8. The summed E-state index contributed by atoms with van der Waals surface area (Å²) in [7, 11) is 0. The van der Waals surface area contributed by atoms with Crippen molar-refractivity contribution in [3.05, 3.63) is 11.8 Å². The Labute approximate surface area is 151 Å². The van der Waals surface area contributed by atoms with Crippen molar-refractivity contribution in [1.82, 2.24) is 4.90 Å². The normalized spacial score (nSPS) is 26.2. The van der Waals surface area contributed by atoms with Gasteiger partial charge in [0.2, 0.25) is 5.91 Å². The van der Waals surface area contributed by atoms with Crippen molar-refractivity contribution in [3.8, 4) is 0 Å². The minimum Gasteiger partial charge on any atom is -0.404 e. The number of allylic oxidation sites excluding steroid dienone is 1. The molecule has 0 spiro atoms. The van der Waals surface area contributed by atoms with Crippen LogP contribution in [-0.4, -0.2) is 41.9 Å². The summed E-state index contributed by atoms with van der Waals surface area (Å²) >= 11 is 0. The summed E-state index contributed by atoms with van der Waals surface area (Å²) in [5, 5.41) is 0. The van der Waals surface area contributed by atoms with Gasteiger partial charge in [-0.15, -0.1) is 0 Å². The van der Waals surface area contributed by atoms with E-state index in [4.69, 9.17) is 5.73 Å². The molecule has 0 aromatic carbocycles. The molecule has 2 rings (SSSR count). The zero-order valence-electron chi connectivity index (χ0n) is 15.7. The summed E-state index contributed by atoms with van der Waals surface area (Å²) < 4.78 is 0. The summed E-state index contributed by atoms with van der Waals surface area (Å²) in [6, 6.07) is 0.293. The average molecular weight is 348 g/mol. The molecule has 5 nitrogen and oxygen atoms in total. The van der Waals surface area contributed by atoms with Crippen LogP contribution in [0, 0.1) is 11.8 Å². The summed E-state index contributed by atoms with van der Waals surface area (Å²) in [6.07, 6.45) is 10.4. The fourth-order valence-electron chi connectivity index (χ4n) is 3.87. The van der Waals surface area contributed by atoms with Gasteiger partial charge in [-0.2, -0.15) is 0 Å². The van der Waals surface area contributed by atoms with E-state index in [0.29, 0.717) is 24.2 Å². The molecule has 2 fully saturated rings. The van der Waals surface area contributed by atoms with Gasteiger partial charge >= 0.3 is 0 Å². The summed E-state index contributed by atoms with van der Waals surface area (Å²) in [4.78, 5) is 31.3. The van der Waals surface area contributed by atoms with E-state index in [0.717, 1.165) is 63.6 Å². The number of carbonyl (C=O) groups is 2. The van der Waals surface area contributed by atoms with E-state index in [2.05, 4.69) is 4.99 Å². The molecule has 1 saturated carbocycles. The number of likely N-dealkylation sites (tertiary alicyclic amines) is 1. The first kappa shape index (κ1) is 19.7. The number of hydrogen-bond acceptors (Lipinski definition) is 4. The number of ketones is 1. The Hall–Kier alpha value is -1.65. The second-order valence-electron chi connectivity index (χ2n) is 7.51. The molecule has 2 N–H and O–H groups in total. The molecule has 0 aromatic heterocycles. The van der Waals surface area contributed by atoms with Crippen LogP contribution in [0.2, 0.25) is 0 Å². The van der Waals surface area contributed by atoms with E-state index in [1.54, 1.807) is 6.20 Å². The predicted octanol–water partition coefficient (Wildman–Crippen LogP) is 3.09. The highest BCUT2D eigenvalue weighted by Gasteiger charge is 2.33. The molecule has 1 aliphatic carbocycles. The lowest BCUT2D eigenvalue weighted by atomic mass is 9.78. The van der Waals surface area contributed by atoms with Crippen molar-refractivity contribution < 1.29 is 9.59 Å². The van der Waals surface area contributed by atoms with Crippen LogP contribution in [0.15, 0.2) is 16.8 Å². The Kier molecular flexibility index (Phi) is 7.66. The second kappa shape index (κ2) is 9.73. The number of nitrogens with zero attached hydrogens (tertiary/aromatic N) is 2. The fourth-order valence-corrected chi connectivity index (χ4v) is 3.87. The average Bonchev–Trinajstić information content (AvgIpc) is 2.66. The highest BCUT2D eigenvalue weighted by atomic mass is 16.2. The van der Waals surface area contributed by atoms with Gasteiger partial charge in [0.05, 0.1) is 6.04 Å². The molecule has 1 amide bonds. The van der Waals surface area contributed by atoms with Crippen LogP contribution in [-0.2, 0) is 9.59 Å². The Morgan fingerprint density at radius 3 is 2.24 bits per heavy atom. The molecule has 1 saturated heterocycles. The van der Waals surface area contributed by atoms with Crippen LogP contribution in [0.3, 0.4) is 0 Å². The molecule has 2 aliphatic rings. The zero-order valence-corrected chi connectivity index (χ0v) is 15.7. The second-order valence-corrected chi connectivity index (χ2v) is 7.51. The third-order valence-corrected chi connectivity index (χ3v) is 5.56. The van der Waals surface area contributed by atoms with E-state index in [1.807, 2.05) is 25.0 Å².